The molecule has 0 unspecified atom stereocenters. The van der Waals surface area contributed by atoms with Crippen molar-refractivity contribution in [3.63, 3.8) is 0 Å². The molecule has 0 radical (unpaired) electrons. The molecule has 0 saturated carbocycles. The van der Waals surface area contributed by atoms with Gasteiger partial charge in [-0.15, -0.1) is 0 Å². The third-order valence-corrected chi connectivity index (χ3v) is 13.7. The summed E-state index contributed by atoms with van der Waals surface area (Å²) in [7, 11) is -5.39. The normalized spacial score (nSPS) is 12.7. The minimum atomic E-state index is -4.27. The van der Waals surface area contributed by atoms with Crippen molar-refractivity contribution in [1.82, 2.24) is 5.09 Å². The molecule has 1 heterocycles. The van der Waals surface area contributed by atoms with Gasteiger partial charge in [-0.2, -0.15) is 0 Å². The summed E-state index contributed by atoms with van der Waals surface area (Å²) in [5.74, 6) is 1.66. The van der Waals surface area contributed by atoms with Crippen molar-refractivity contribution in [2.45, 2.75) is 38.9 Å². The fourth-order valence-electron chi connectivity index (χ4n) is 7.15. The number of ether oxygens (including phenoxy) is 4. The molecule has 360 valence electrons. The van der Waals surface area contributed by atoms with Gasteiger partial charge in [-0.3, -0.25) is 22.9 Å². The van der Waals surface area contributed by atoms with E-state index in [1.54, 1.807) is 43.5 Å². The average molecular weight is 983 g/mol. The summed E-state index contributed by atoms with van der Waals surface area (Å²) >= 11 is 0. The van der Waals surface area contributed by atoms with E-state index in [9.17, 15) is 13.9 Å². The van der Waals surface area contributed by atoms with Gasteiger partial charge in [0, 0.05) is 0 Å². The first kappa shape index (κ1) is 49.4. The fourth-order valence-corrected chi connectivity index (χ4v) is 9.78. The third-order valence-electron chi connectivity index (χ3n) is 10.8. The van der Waals surface area contributed by atoms with Crippen LogP contribution in [0.3, 0.4) is 0 Å². The zero-order valence-electron chi connectivity index (χ0n) is 38.5. The Labute approximate surface area is 407 Å². The van der Waals surface area contributed by atoms with Crippen LogP contribution in [0.4, 0.5) is 5.69 Å². The lowest BCUT2D eigenvalue weighted by Crippen LogP contribution is -2.41. The van der Waals surface area contributed by atoms with E-state index in [2.05, 4.69) is 10.4 Å². The van der Waals surface area contributed by atoms with E-state index in [1.165, 1.54) is 7.11 Å². The van der Waals surface area contributed by atoms with Crippen LogP contribution >= 0.6 is 15.6 Å². The van der Waals surface area contributed by atoms with E-state index in [0.29, 0.717) is 34.2 Å². The average Bonchev–Trinajstić information content (AvgIpc) is 3.89. The quantitative estimate of drug-likeness (QED) is 0.0436. The molecule has 1 aliphatic rings. The van der Waals surface area contributed by atoms with E-state index < -0.39 is 27.5 Å². The van der Waals surface area contributed by atoms with Gasteiger partial charge in [-0.05, 0) is 81.8 Å². The number of hydrogen-bond donors (Lipinski definition) is 2. The Balaban J connectivity index is 1.06. The van der Waals surface area contributed by atoms with E-state index in [-0.39, 0.29) is 45.4 Å². The first-order valence-electron chi connectivity index (χ1n) is 22.3. The van der Waals surface area contributed by atoms with Crippen molar-refractivity contribution in [2.24, 2.45) is 0 Å². The Hall–Kier alpha value is -6.99. The zero-order valence-corrected chi connectivity index (χ0v) is 40.3. The second kappa shape index (κ2) is 24.0. The molecule has 0 aromatic heterocycles. The molecular formula is C54H52N2O12P2. The highest BCUT2D eigenvalue weighted by molar-refractivity contribution is 7.51. The van der Waals surface area contributed by atoms with Gasteiger partial charge in [0.25, 0.3) is 0 Å². The first-order chi connectivity index (χ1) is 34.1. The summed E-state index contributed by atoms with van der Waals surface area (Å²) in [6, 6.07) is 51.4. The van der Waals surface area contributed by atoms with Gasteiger partial charge in [-0.25, -0.2) is 14.2 Å². The number of amides is 1. The van der Waals surface area contributed by atoms with Crippen molar-refractivity contribution in [3.8, 4) is 28.7 Å². The van der Waals surface area contributed by atoms with Gasteiger partial charge in [0.1, 0.15) is 17.5 Å². The molecule has 8 rings (SSSR count). The summed E-state index contributed by atoms with van der Waals surface area (Å²) in [4.78, 5) is 14.7. The van der Waals surface area contributed by atoms with E-state index in [0.717, 1.165) is 33.4 Å². The van der Waals surface area contributed by atoms with Crippen LogP contribution in [0.2, 0.25) is 0 Å². The number of benzene rings is 7. The predicted molar refractivity (Wildman–Crippen MR) is 268 cm³/mol. The van der Waals surface area contributed by atoms with Gasteiger partial charge in [0.15, 0.2) is 11.5 Å². The minimum absolute atomic E-state index is 0.0139. The molecule has 16 heteroatoms. The lowest BCUT2D eigenvalue weighted by Gasteiger charge is -2.26. The maximum absolute atomic E-state index is 14.9. The smallest absolute Gasteiger partial charge is 0.495 e. The summed E-state index contributed by atoms with van der Waals surface area (Å²) < 4.78 is 81.2. The van der Waals surface area contributed by atoms with Gasteiger partial charge in [-0.1, -0.05) is 152 Å². The largest absolute Gasteiger partial charge is 0.530 e. The molecule has 2 N–H and O–H groups in total. The molecule has 0 aliphatic carbocycles. The van der Waals surface area contributed by atoms with Crippen molar-refractivity contribution in [2.75, 3.05) is 26.3 Å². The minimum Gasteiger partial charge on any atom is -0.495 e. The van der Waals surface area contributed by atoms with Gasteiger partial charge >= 0.3 is 15.6 Å². The second-order valence-corrected chi connectivity index (χ2v) is 19.2. The number of carbonyl (C=O) groups is 1. The second-order valence-electron chi connectivity index (χ2n) is 15.8. The number of hydrogen-bond acceptors (Lipinski definition) is 12. The molecule has 0 bridgehead atoms. The van der Waals surface area contributed by atoms with Gasteiger partial charge < -0.3 is 28.8 Å². The summed E-state index contributed by atoms with van der Waals surface area (Å²) in [5, 5.41) is 5.98. The first-order valence-corrected chi connectivity index (χ1v) is 25.3. The zero-order chi connectivity index (χ0) is 48.6. The van der Waals surface area contributed by atoms with Crippen molar-refractivity contribution < 1.29 is 55.5 Å². The molecule has 70 heavy (non-hydrogen) atoms. The van der Waals surface area contributed by atoms with E-state index in [4.69, 9.17) is 41.6 Å². The van der Waals surface area contributed by atoms with Crippen molar-refractivity contribution >= 4 is 39.3 Å². The van der Waals surface area contributed by atoms with Crippen LogP contribution in [0.25, 0.3) is 12.2 Å². The van der Waals surface area contributed by atoms with Crippen LogP contribution in [0.1, 0.15) is 38.9 Å². The molecule has 1 atom stereocenters. The molecule has 0 fully saturated rings. The molecule has 0 spiro atoms. The number of anilines is 1. The van der Waals surface area contributed by atoms with E-state index in [1.807, 2.05) is 152 Å². The van der Waals surface area contributed by atoms with Crippen LogP contribution in [0.5, 0.6) is 28.7 Å². The number of phosphoric ester groups is 1. The number of nitrogens with one attached hydrogen (secondary N) is 2. The van der Waals surface area contributed by atoms with Crippen LogP contribution in [-0.2, 0) is 64.9 Å². The molecule has 14 nitrogen and oxygen atoms in total. The third kappa shape index (κ3) is 14.1. The van der Waals surface area contributed by atoms with E-state index >= 15 is 0 Å². The van der Waals surface area contributed by atoms with Crippen LogP contribution in [0.15, 0.2) is 176 Å². The highest BCUT2D eigenvalue weighted by atomic mass is 31.2. The van der Waals surface area contributed by atoms with Crippen molar-refractivity contribution in [1.29, 1.82) is 0 Å². The summed E-state index contributed by atoms with van der Waals surface area (Å²) in [6.07, 6.45) is 3.73. The molecule has 7 aromatic carbocycles. The predicted octanol–water partition coefficient (Wildman–Crippen LogP) is 12.2. The van der Waals surface area contributed by atoms with Crippen molar-refractivity contribution in [3.05, 3.63) is 215 Å². The van der Waals surface area contributed by atoms with Gasteiger partial charge in [0.05, 0.1) is 46.3 Å². The Morgan fingerprint density at radius 1 is 0.571 bits per heavy atom. The van der Waals surface area contributed by atoms with Crippen LogP contribution in [-0.4, -0.2) is 33.0 Å². The molecule has 7 aromatic rings. The SMILES string of the molecule is COc1ccc(/C=C\c2cc(OC)c3c(c2)OCO3)cc1NC(=O)[C@H](Cc1ccc(OP(=O)(OCc2ccccc2)OCc2ccccc2)cc1)NP(=O)(OCc1ccccc1)OCc1ccccc1. The van der Waals surface area contributed by atoms with Crippen LogP contribution in [0, 0.1) is 0 Å². The molecule has 1 amide bonds. The standard InChI is InChI=1S/C54H52N2O12P2/c1-60-50-30-27-40(23-24-46-33-51(61-2)53-52(34-46)62-39-63-53)31-48(50)55-54(57)49(56-69(58,64-35-42-15-7-3-8-16-42)65-36-43-17-9-4-10-18-43)32-41-25-28-47(29-26-41)68-70(59,66-37-44-19-11-5-12-20-44)67-38-45-21-13-6-14-22-45/h3-31,33-34,49H,32,35-39H2,1-2H3,(H,55,57)(H,56,58)/b24-23-/t49-/m0/s1. The highest BCUT2D eigenvalue weighted by Gasteiger charge is 2.34. The topological polar surface area (TPSA) is 158 Å². The monoisotopic (exact) mass is 982 g/mol. The maximum atomic E-state index is 14.9. The molecule has 0 saturated heterocycles. The number of carbonyl (C=O) groups excluding carboxylic acids is 1. The Morgan fingerprint density at radius 2 is 1.09 bits per heavy atom. The van der Waals surface area contributed by atoms with Crippen LogP contribution < -0.4 is 33.9 Å². The number of methoxy groups -OCH3 is 2. The number of phosphoric acid groups is 1. The summed E-state index contributed by atoms with van der Waals surface area (Å²) in [6.45, 7) is -0.0908. The van der Waals surface area contributed by atoms with Gasteiger partial charge in [0.2, 0.25) is 18.4 Å². The lowest BCUT2D eigenvalue weighted by atomic mass is 10.1. The number of fused-ring (bicyclic) bond motifs is 1. The fraction of sp³-hybridized carbons (Fsp3) is 0.167. The Morgan fingerprint density at radius 3 is 1.61 bits per heavy atom. The Bertz CT molecular complexity index is 2830. The number of rotatable bonds is 24. The molecular weight excluding hydrogens is 931 g/mol. The summed E-state index contributed by atoms with van der Waals surface area (Å²) in [5.41, 5.74) is 5.55. The lowest BCUT2D eigenvalue weighted by molar-refractivity contribution is -0.117. The maximum Gasteiger partial charge on any atom is 0.530 e. The molecule has 1 aliphatic heterocycles. The highest BCUT2D eigenvalue weighted by Crippen LogP contribution is 2.51. The Kier molecular flexibility index (Phi) is 17.0.